The van der Waals surface area contributed by atoms with Gasteiger partial charge in [0.2, 0.25) is 0 Å². The minimum absolute atomic E-state index is 0.330. The van der Waals surface area contributed by atoms with Gasteiger partial charge in [-0.25, -0.2) is 0 Å². The van der Waals surface area contributed by atoms with Crippen molar-refractivity contribution in [2.24, 2.45) is 11.8 Å². The molecule has 2 fully saturated rings. The maximum atomic E-state index is 10.2. The van der Waals surface area contributed by atoms with Crippen molar-refractivity contribution in [3.05, 3.63) is 0 Å². The lowest BCUT2D eigenvalue weighted by Gasteiger charge is -2.42. The highest BCUT2D eigenvalue weighted by molar-refractivity contribution is 4.90. The van der Waals surface area contributed by atoms with Crippen LogP contribution in [-0.2, 0) is 0 Å². The fraction of sp³-hybridized carbons (Fsp3) is 1.00. The van der Waals surface area contributed by atoms with Crippen molar-refractivity contribution in [2.75, 3.05) is 0 Å². The Bertz CT molecular complexity index is 154. The van der Waals surface area contributed by atoms with Crippen molar-refractivity contribution in [3.63, 3.8) is 0 Å². The summed E-state index contributed by atoms with van der Waals surface area (Å²) in [4.78, 5) is 0. The summed E-state index contributed by atoms with van der Waals surface area (Å²) in [5, 5.41) is 10.2. The summed E-state index contributed by atoms with van der Waals surface area (Å²) in [5.74, 6) is 1.47. The Morgan fingerprint density at radius 3 is 2.08 bits per heavy atom. The molecule has 0 aromatic rings. The zero-order chi connectivity index (χ0) is 8.60. The molecule has 1 atom stereocenters. The summed E-state index contributed by atoms with van der Waals surface area (Å²) in [6, 6.07) is 0. The third-order valence-corrected chi connectivity index (χ3v) is 3.91. The predicted octanol–water partition coefficient (Wildman–Crippen LogP) is 2.73. The van der Waals surface area contributed by atoms with E-state index in [2.05, 4.69) is 6.92 Å². The van der Waals surface area contributed by atoms with Gasteiger partial charge >= 0.3 is 0 Å². The van der Waals surface area contributed by atoms with Crippen LogP contribution in [0.3, 0.4) is 0 Å². The summed E-state index contributed by atoms with van der Waals surface area (Å²) in [7, 11) is 0. The molecule has 0 aliphatic heterocycles. The van der Waals surface area contributed by atoms with Crippen molar-refractivity contribution in [1.29, 1.82) is 0 Å². The molecule has 0 amide bonds. The van der Waals surface area contributed by atoms with Crippen LogP contribution >= 0.6 is 0 Å². The standard InChI is InChI=1S/C11H20O/c1-11(12,10-6-3-7-10)8-9-4-2-5-9/h9-10,12H,2-8H2,1H3. The quantitative estimate of drug-likeness (QED) is 0.687. The highest BCUT2D eigenvalue weighted by atomic mass is 16.3. The van der Waals surface area contributed by atoms with E-state index in [1.54, 1.807) is 0 Å². The predicted molar refractivity (Wildman–Crippen MR) is 49.9 cm³/mol. The molecule has 2 saturated carbocycles. The van der Waals surface area contributed by atoms with Crippen LogP contribution in [0.15, 0.2) is 0 Å². The van der Waals surface area contributed by atoms with Gasteiger partial charge in [0.25, 0.3) is 0 Å². The Balaban J connectivity index is 1.81. The fourth-order valence-electron chi connectivity index (χ4n) is 2.48. The Morgan fingerprint density at radius 1 is 1.17 bits per heavy atom. The van der Waals surface area contributed by atoms with E-state index in [0.29, 0.717) is 5.92 Å². The SMILES string of the molecule is CC(O)(CC1CCC1)C1CCC1. The van der Waals surface area contributed by atoms with Crippen LogP contribution < -0.4 is 0 Å². The van der Waals surface area contributed by atoms with Crippen LogP contribution in [-0.4, -0.2) is 10.7 Å². The number of hydrogen-bond donors (Lipinski definition) is 1. The molecule has 1 N–H and O–H groups in total. The third kappa shape index (κ3) is 1.52. The number of rotatable bonds is 3. The van der Waals surface area contributed by atoms with E-state index in [9.17, 15) is 5.11 Å². The molecule has 0 heterocycles. The summed E-state index contributed by atoms with van der Waals surface area (Å²) in [6.07, 6.45) is 9.06. The highest BCUT2D eigenvalue weighted by Gasteiger charge is 2.38. The van der Waals surface area contributed by atoms with Crippen LogP contribution in [0.5, 0.6) is 0 Å². The fourth-order valence-corrected chi connectivity index (χ4v) is 2.48. The molecule has 1 unspecified atom stereocenters. The first-order valence-electron chi connectivity index (χ1n) is 5.41. The largest absolute Gasteiger partial charge is 0.390 e. The second-order valence-corrected chi connectivity index (χ2v) is 4.99. The van der Waals surface area contributed by atoms with Gasteiger partial charge in [0.15, 0.2) is 0 Å². The Morgan fingerprint density at radius 2 is 1.75 bits per heavy atom. The monoisotopic (exact) mass is 168 g/mol. The third-order valence-electron chi connectivity index (χ3n) is 3.91. The first-order valence-corrected chi connectivity index (χ1v) is 5.41. The first kappa shape index (κ1) is 8.55. The van der Waals surface area contributed by atoms with E-state index < -0.39 is 0 Å². The van der Waals surface area contributed by atoms with Crippen LogP contribution in [0.25, 0.3) is 0 Å². The molecule has 12 heavy (non-hydrogen) atoms. The smallest absolute Gasteiger partial charge is 0.0650 e. The van der Waals surface area contributed by atoms with Crippen LogP contribution in [0.4, 0.5) is 0 Å². The van der Waals surface area contributed by atoms with Crippen LogP contribution in [0.1, 0.15) is 51.9 Å². The van der Waals surface area contributed by atoms with E-state index in [1.807, 2.05) is 0 Å². The average molecular weight is 168 g/mol. The lowest BCUT2D eigenvalue weighted by molar-refractivity contribution is -0.0599. The lowest BCUT2D eigenvalue weighted by atomic mass is 9.67. The summed E-state index contributed by atoms with van der Waals surface area (Å²) in [6.45, 7) is 2.05. The van der Waals surface area contributed by atoms with Gasteiger partial charge < -0.3 is 5.11 Å². The molecular weight excluding hydrogens is 148 g/mol. The molecule has 0 saturated heterocycles. The van der Waals surface area contributed by atoms with Gasteiger partial charge in [-0.3, -0.25) is 0 Å². The molecule has 1 heteroatoms. The van der Waals surface area contributed by atoms with Gasteiger partial charge in [-0.2, -0.15) is 0 Å². The second kappa shape index (κ2) is 3.02. The van der Waals surface area contributed by atoms with E-state index in [1.165, 1.54) is 38.5 Å². The number of hydrogen-bond acceptors (Lipinski definition) is 1. The summed E-state index contributed by atoms with van der Waals surface area (Å²) >= 11 is 0. The molecule has 70 valence electrons. The minimum Gasteiger partial charge on any atom is -0.390 e. The Labute approximate surface area is 75.2 Å². The normalized spacial score (nSPS) is 30.5. The van der Waals surface area contributed by atoms with Gasteiger partial charge in [-0.05, 0) is 38.0 Å². The molecule has 1 nitrogen and oxygen atoms in total. The minimum atomic E-state index is -0.330. The molecular formula is C11H20O. The zero-order valence-corrected chi connectivity index (χ0v) is 8.05. The van der Waals surface area contributed by atoms with Crippen molar-refractivity contribution in [2.45, 2.75) is 57.5 Å². The molecule has 0 radical (unpaired) electrons. The highest BCUT2D eigenvalue weighted by Crippen LogP contribution is 2.43. The van der Waals surface area contributed by atoms with Crippen molar-refractivity contribution in [1.82, 2.24) is 0 Å². The van der Waals surface area contributed by atoms with Gasteiger partial charge in [0.1, 0.15) is 0 Å². The summed E-state index contributed by atoms with van der Waals surface area (Å²) in [5.41, 5.74) is -0.330. The maximum absolute atomic E-state index is 10.2. The van der Waals surface area contributed by atoms with Crippen molar-refractivity contribution in [3.8, 4) is 0 Å². The molecule has 0 aromatic carbocycles. The average Bonchev–Trinajstić information content (AvgIpc) is 1.73. The van der Waals surface area contributed by atoms with E-state index in [4.69, 9.17) is 0 Å². The van der Waals surface area contributed by atoms with E-state index in [0.717, 1.165) is 12.3 Å². The van der Waals surface area contributed by atoms with Gasteiger partial charge in [-0.1, -0.05) is 25.7 Å². The first-order chi connectivity index (χ1) is 5.68. The van der Waals surface area contributed by atoms with E-state index in [-0.39, 0.29) is 5.60 Å². The topological polar surface area (TPSA) is 20.2 Å². The van der Waals surface area contributed by atoms with Gasteiger partial charge in [-0.15, -0.1) is 0 Å². The molecule has 2 aliphatic rings. The van der Waals surface area contributed by atoms with Gasteiger partial charge in [0, 0.05) is 0 Å². The Hall–Kier alpha value is -0.0400. The van der Waals surface area contributed by atoms with Crippen LogP contribution in [0, 0.1) is 11.8 Å². The maximum Gasteiger partial charge on any atom is 0.0650 e. The molecule has 0 aromatic heterocycles. The van der Waals surface area contributed by atoms with Crippen molar-refractivity contribution >= 4 is 0 Å². The molecule has 2 rings (SSSR count). The second-order valence-electron chi connectivity index (χ2n) is 4.99. The number of aliphatic hydroxyl groups is 1. The molecule has 0 spiro atoms. The van der Waals surface area contributed by atoms with Crippen LogP contribution in [0.2, 0.25) is 0 Å². The molecule has 0 bridgehead atoms. The lowest BCUT2D eigenvalue weighted by Crippen LogP contribution is -2.41. The Kier molecular flexibility index (Phi) is 2.16. The van der Waals surface area contributed by atoms with Crippen molar-refractivity contribution < 1.29 is 5.11 Å². The van der Waals surface area contributed by atoms with E-state index >= 15 is 0 Å². The zero-order valence-electron chi connectivity index (χ0n) is 8.05. The van der Waals surface area contributed by atoms with Gasteiger partial charge in [0.05, 0.1) is 5.60 Å². The summed E-state index contributed by atoms with van der Waals surface area (Å²) < 4.78 is 0. The molecule has 2 aliphatic carbocycles.